The fourth-order valence-corrected chi connectivity index (χ4v) is 9.40. The summed E-state index contributed by atoms with van der Waals surface area (Å²) in [7, 11) is 0. The third-order valence-corrected chi connectivity index (χ3v) is 14.5. The number of ether oxygens (including phenoxy) is 3. The predicted molar refractivity (Wildman–Crippen MR) is 338 cm³/mol. The highest BCUT2D eigenvalue weighted by Crippen LogP contribution is 2.26. The van der Waals surface area contributed by atoms with Crippen molar-refractivity contribution in [2.45, 2.75) is 294 Å². The minimum atomic E-state index is -1.63. The highest BCUT2D eigenvalue weighted by atomic mass is 16.7. The van der Waals surface area contributed by atoms with Gasteiger partial charge in [0.1, 0.15) is 24.4 Å². The van der Waals surface area contributed by atoms with Gasteiger partial charge in [-0.2, -0.15) is 0 Å². The standard InChI is InChI=1S/C70H117NO10/c1-4-7-10-13-16-19-22-24-26-28-29-30-31-32-33-34-35-36-38-40-43-46-49-52-55-58-65(75)81-68-67(77)66(76)64(59-72)80-70(68)79-60-61(62(73)56-53-50-47-44-41-21-18-15-12-9-6-3)71-69(78)63(74)57-54-51-48-45-42-39-37-27-25-23-20-17-14-11-8-5-2/h8,11,14,16-17,19-20,23-27,29-30,37,39,42,45,53,56,61-64,66-68,70,72-74,76-77H,4-7,9-10,12-13,15,18,21-22,28,31-36,38,40-41,43-44,46-52,54-55,57-60H2,1-3H3,(H,71,78)/b11-8-,17-14+,19-16-,23-20+,26-24-,27-25-,30-29-,39-37+,45-42+,56-53+. The minimum Gasteiger partial charge on any atom is -0.454 e. The lowest BCUT2D eigenvalue weighted by atomic mass is 9.99. The van der Waals surface area contributed by atoms with Crippen LogP contribution in [0.2, 0.25) is 0 Å². The van der Waals surface area contributed by atoms with E-state index in [0.29, 0.717) is 12.8 Å². The van der Waals surface area contributed by atoms with E-state index in [2.05, 4.69) is 68.6 Å². The molecule has 11 heteroatoms. The fourth-order valence-electron chi connectivity index (χ4n) is 9.40. The van der Waals surface area contributed by atoms with Crippen molar-refractivity contribution < 1.29 is 49.3 Å². The number of nitrogens with one attached hydrogen (secondary N) is 1. The van der Waals surface area contributed by atoms with Gasteiger partial charge in [0, 0.05) is 6.42 Å². The maximum atomic E-state index is 13.4. The normalized spacial score (nSPS) is 19.5. The first-order chi connectivity index (χ1) is 39.7. The van der Waals surface area contributed by atoms with Crippen molar-refractivity contribution in [1.29, 1.82) is 0 Å². The number of aliphatic hydroxyl groups excluding tert-OH is 5. The molecule has 0 aliphatic carbocycles. The third kappa shape index (κ3) is 44.3. The second-order valence-electron chi connectivity index (χ2n) is 21.9. The molecule has 0 bridgehead atoms. The third-order valence-electron chi connectivity index (χ3n) is 14.5. The molecule has 1 saturated heterocycles. The van der Waals surface area contributed by atoms with Gasteiger partial charge in [-0.15, -0.1) is 0 Å². The molecule has 1 aliphatic rings. The molecular formula is C70H117NO10. The maximum Gasteiger partial charge on any atom is 0.306 e. The average molecular weight is 1130 g/mol. The van der Waals surface area contributed by atoms with Crippen LogP contribution in [0.25, 0.3) is 0 Å². The molecule has 1 fully saturated rings. The smallest absolute Gasteiger partial charge is 0.306 e. The molecule has 0 spiro atoms. The van der Waals surface area contributed by atoms with Crippen molar-refractivity contribution in [2.24, 2.45) is 0 Å². The van der Waals surface area contributed by atoms with Gasteiger partial charge in [0.2, 0.25) is 5.91 Å². The van der Waals surface area contributed by atoms with Crippen LogP contribution in [0, 0.1) is 0 Å². The van der Waals surface area contributed by atoms with Gasteiger partial charge in [-0.25, -0.2) is 0 Å². The van der Waals surface area contributed by atoms with Crippen LogP contribution in [0.1, 0.15) is 245 Å². The fraction of sp³-hybridized carbons (Fsp3) is 0.686. The molecule has 11 nitrogen and oxygen atoms in total. The molecule has 0 aromatic carbocycles. The van der Waals surface area contributed by atoms with E-state index in [-0.39, 0.29) is 19.4 Å². The Bertz CT molecular complexity index is 1780. The van der Waals surface area contributed by atoms with Crippen LogP contribution >= 0.6 is 0 Å². The number of hydrogen-bond acceptors (Lipinski definition) is 10. The highest BCUT2D eigenvalue weighted by Gasteiger charge is 2.47. The largest absolute Gasteiger partial charge is 0.454 e. The predicted octanol–water partition coefficient (Wildman–Crippen LogP) is 15.8. The van der Waals surface area contributed by atoms with E-state index in [0.717, 1.165) is 83.5 Å². The van der Waals surface area contributed by atoms with Crippen LogP contribution in [0.3, 0.4) is 0 Å². The molecule has 462 valence electrons. The van der Waals surface area contributed by atoms with E-state index in [1.54, 1.807) is 6.08 Å². The summed E-state index contributed by atoms with van der Waals surface area (Å²) in [6, 6.07) is -1.06. The van der Waals surface area contributed by atoms with Crippen molar-refractivity contribution in [3.8, 4) is 0 Å². The van der Waals surface area contributed by atoms with Gasteiger partial charge in [0.15, 0.2) is 12.4 Å². The highest BCUT2D eigenvalue weighted by molar-refractivity contribution is 5.80. The molecule has 1 aliphatic heterocycles. The average Bonchev–Trinajstić information content (AvgIpc) is 3.50. The zero-order chi connectivity index (χ0) is 58.9. The number of amides is 1. The van der Waals surface area contributed by atoms with Gasteiger partial charge in [-0.05, 0) is 83.5 Å². The van der Waals surface area contributed by atoms with Crippen molar-refractivity contribution in [1.82, 2.24) is 5.32 Å². The first-order valence-corrected chi connectivity index (χ1v) is 32.4. The molecule has 0 radical (unpaired) electrons. The second kappa shape index (κ2) is 56.5. The first-order valence-electron chi connectivity index (χ1n) is 32.4. The summed E-state index contributed by atoms with van der Waals surface area (Å²) in [5, 5.41) is 56.9. The van der Waals surface area contributed by atoms with Crippen molar-refractivity contribution in [2.75, 3.05) is 13.2 Å². The van der Waals surface area contributed by atoms with Crippen LogP contribution in [0.4, 0.5) is 0 Å². The van der Waals surface area contributed by atoms with Gasteiger partial charge in [0.25, 0.3) is 0 Å². The molecule has 1 heterocycles. The van der Waals surface area contributed by atoms with E-state index >= 15 is 0 Å². The van der Waals surface area contributed by atoms with Crippen LogP contribution in [-0.4, -0.2) is 99.6 Å². The number of carbonyl (C=O) groups excluding carboxylic acids is 2. The Hall–Kier alpha value is -3.94. The molecular weight excluding hydrogens is 1010 g/mol. The quantitative estimate of drug-likeness (QED) is 0.0149. The van der Waals surface area contributed by atoms with Crippen molar-refractivity contribution >= 4 is 11.9 Å². The Balaban J connectivity index is 2.62. The number of carbonyl (C=O) groups is 2. The summed E-state index contributed by atoms with van der Waals surface area (Å²) in [5.74, 6) is -1.25. The Labute approximate surface area is 493 Å². The summed E-state index contributed by atoms with van der Waals surface area (Å²) in [6.07, 6.45) is 68.1. The number of unbranched alkanes of at least 4 members (excludes halogenated alkanes) is 26. The first kappa shape index (κ1) is 75.1. The van der Waals surface area contributed by atoms with Crippen LogP contribution in [0.15, 0.2) is 122 Å². The minimum absolute atomic E-state index is 0.109. The van der Waals surface area contributed by atoms with Gasteiger partial charge < -0.3 is 45.1 Å². The maximum absolute atomic E-state index is 13.4. The van der Waals surface area contributed by atoms with Crippen molar-refractivity contribution in [3.63, 3.8) is 0 Å². The van der Waals surface area contributed by atoms with Crippen LogP contribution in [0.5, 0.6) is 0 Å². The van der Waals surface area contributed by atoms with E-state index < -0.39 is 67.4 Å². The van der Waals surface area contributed by atoms with E-state index in [1.165, 1.54) is 116 Å². The molecule has 0 aromatic rings. The Morgan fingerprint density at radius 3 is 1.47 bits per heavy atom. The van der Waals surface area contributed by atoms with Gasteiger partial charge in [0.05, 0.1) is 25.4 Å². The summed E-state index contributed by atoms with van der Waals surface area (Å²) in [5.41, 5.74) is 0. The van der Waals surface area contributed by atoms with Gasteiger partial charge >= 0.3 is 5.97 Å². The number of rotatable bonds is 53. The second-order valence-corrected chi connectivity index (χ2v) is 21.9. The lowest BCUT2D eigenvalue weighted by Crippen LogP contribution is -2.61. The molecule has 6 N–H and O–H groups in total. The van der Waals surface area contributed by atoms with Gasteiger partial charge in [-0.3, -0.25) is 9.59 Å². The number of hydrogen-bond donors (Lipinski definition) is 6. The molecule has 1 amide bonds. The zero-order valence-corrected chi connectivity index (χ0v) is 51.1. The van der Waals surface area contributed by atoms with E-state index in [4.69, 9.17) is 14.2 Å². The number of esters is 1. The van der Waals surface area contributed by atoms with E-state index in [9.17, 15) is 35.1 Å². The zero-order valence-electron chi connectivity index (χ0n) is 51.1. The number of aliphatic hydroxyl groups is 5. The van der Waals surface area contributed by atoms with Crippen LogP contribution in [-0.2, 0) is 23.8 Å². The Morgan fingerprint density at radius 1 is 0.506 bits per heavy atom. The van der Waals surface area contributed by atoms with E-state index in [1.807, 2.05) is 72.9 Å². The van der Waals surface area contributed by atoms with Crippen molar-refractivity contribution in [3.05, 3.63) is 122 Å². The topological polar surface area (TPSA) is 175 Å². The summed E-state index contributed by atoms with van der Waals surface area (Å²) >= 11 is 0. The molecule has 8 unspecified atom stereocenters. The molecule has 1 rings (SSSR count). The van der Waals surface area contributed by atoms with Crippen LogP contribution < -0.4 is 5.32 Å². The Kier molecular flexibility index (Phi) is 52.4. The monoisotopic (exact) mass is 1130 g/mol. The molecule has 8 atom stereocenters. The molecule has 81 heavy (non-hydrogen) atoms. The number of allylic oxidation sites excluding steroid dienone is 19. The molecule has 0 aromatic heterocycles. The SMILES string of the molecule is CC\C=C/C=C/C=C/C=C\C=C\C=C\CCCCC(O)C(=O)NC(COC1OC(CO)C(O)C(O)C1OC(=O)CCCCCCCCCCCCCC/C=C\C/C=C\C/C=C\CCCCC)C(O)/C=C/CCCCCCCCCCC. The lowest BCUT2D eigenvalue weighted by Gasteiger charge is -2.41. The lowest BCUT2D eigenvalue weighted by molar-refractivity contribution is -0.305. The summed E-state index contributed by atoms with van der Waals surface area (Å²) in [4.78, 5) is 26.6. The summed E-state index contributed by atoms with van der Waals surface area (Å²) < 4.78 is 17.6. The van der Waals surface area contributed by atoms with Gasteiger partial charge in [-0.1, -0.05) is 277 Å². The Morgan fingerprint density at radius 2 is 0.938 bits per heavy atom. The molecule has 0 saturated carbocycles. The summed E-state index contributed by atoms with van der Waals surface area (Å²) in [6.45, 7) is 5.57.